The summed E-state index contributed by atoms with van der Waals surface area (Å²) in [5.41, 5.74) is 7.40. The van der Waals surface area contributed by atoms with Crippen molar-refractivity contribution < 1.29 is 13.5 Å². The lowest BCUT2D eigenvalue weighted by Gasteiger charge is -2.11. The molecule has 2 atom stereocenters. The first-order valence-electron chi connectivity index (χ1n) is 8.04. The van der Waals surface area contributed by atoms with E-state index in [-0.39, 0.29) is 5.75 Å². The van der Waals surface area contributed by atoms with E-state index in [2.05, 4.69) is 19.7 Å². The average molecular weight is 334 g/mol. The molecular weight excluding hydrogens is 314 g/mol. The van der Waals surface area contributed by atoms with Gasteiger partial charge >= 0.3 is 6.61 Å². The van der Waals surface area contributed by atoms with Gasteiger partial charge in [-0.25, -0.2) is 9.97 Å². The van der Waals surface area contributed by atoms with Gasteiger partial charge in [0, 0.05) is 12.1 Å². The van der Waals surface area contributed by atoms with Crippen molar-refractivity contribution in [1.29, 1.82) is 0 Å². The molecule has 2 aromatic rings. The van der Waals surface area contributed by atoms with Crippen LogP contribution in [0, 0.1) is 11.8 Å². The molecule has 3 rings (SSSR count). The Balaban J connectivity index is 1.49. The van der Waals surface area contributed by atoms with E-state index in [0.717, 1.165) is 37.8 Å². The number of halogens is 2. The van der Waals surface area contributed by atoms with Crippen LogP contribution in [0.2, 0.25) is 0 Å². The van der Waals surface area contributed by atoms with Gasteiger partial charge in [0.1, 0.15) is 5.82 Å². The highest BCUT2D eigenvalue weighted by atomic mass is 19.3. The van der Waals surface area contributed by atoms with Crippen molar-refractivity contribution in [3.63, 3.8) is 0 Å². The molecule has 0 radical (unpaired) electrons. The van der Waals surface area contributed by atoms with Gasteiger partial charge < -0.3 is 10.5 Å². The Kier molecular flexibility index (Phi) is 5.17. The van der Waals surface area contributed by atoms with Crippen molar-refractivity contribution in [2.45, 2.75) is 38.7 Å². The third kappa shape index (κ3) is 4.59. The molecule has 128 valence electrons. The maximum absolute atomic E-state index is 12.1. The van der Waals surface area contributed by atoms with E-state index in [4.69, 9.17) is 5.73 Å². The second-order valence-electron chi connectivity index (χ2n) is 6.25. The SMILES string of the molecule is Nc1ccc(C[C@H]2CC[C@H](Cc3ncc(OC(F)F)cn3)C2)nc1. The Bertz CT molecular complexity index is 649. The van der Waals surface area contributed by atoms with Crippen molar-refractivity contribution in [2.75, 3.05) is 5.73 Å². The molecule has 2 heterocycles. The van der Waals surface area contributed by atoms with Crippen LogP contribution in [0.15, 0.2) is 30.7 Å². The summed E-state index contributed by atoms with van der Waals surface area (Å²) >= 11 is 0. The van der Waals surface area contributed by atoms with Crippen molar-refractivity contribution in [3.8, 4) is 5.75 Å². The minimum absolute atomic E-state index is 0.00697. The van der Waals surface area contributed by atoms with Crippen molar-refractivity contribution >= 4 is 5.69 Å². The van der Waals surface area contributed by atoms with E-state index in [1.165, 1.54) is 12.4 Å². The Morgan fingerprint density at radius 2 is 1.75 bits per heavy atom. The van der Waals surface area contributed by atoms with Crippen LogP contribution >= 0.6 is 0 Å². The second-order valence-corrected chi connectivity index (χ2v) is 6.25. The predicted octanol–water partition coefficient (Wildman–Crippen LogP) is 3.26. The van der Waals surface area contributed by atoms with E-state index in [1.54, 1.807) is 6.20 Å². The molecule has 0 bridgehead atoms. The molecule has 1 fully saturated rings. The Morgan fingerprint density at radius 1 is 1.04 bits per heavy atom. The quantitative estimate of drug-likeness (QED) is 0.878. The number of rotatable bonds is 6. The van der Waals surface area contributed by atoms with Gasteiger partial charge in [0.15, 0.2) is 5.75 Å². The van der Waals surface area contributed by atoms with E-state index < -0.39 is 6.61 Å². The lowest BCUT2D eigenvalue weighted by Crippen LogP contribution is -2.07. The zero-order chi connectivity index (χ0) is 16.9. The summed E-state index contributed by atoms with van der Waals surface area (Å²) in [7, 11) is 0. The summed E-state index contributed by atoms with van der Waals surface area (Å²) < 4.78 is 28.5. The van der Waals surface area contributed by atoms with Crippen LogP contribution in [0.4, 0.5) is 14.5 Å². The smallest absolute Gasteiger partial charge is 0.387 e. The van der Waals surface area contributed by atoms with Crippen LogP contribution in [-0.2, 0) is 12.8 Å². The highest BCUT2D eigenvalue weighted by Crippen LogP contribution is 2.34. The number of aromatic nitrogens is 3. The summed E-state index contributed by atoms with van der Waals surface area (Å²) in [6, 6.07) is 3.86. The third-order valence-electron chi connectivity index (χ3n) is 4.37. The van der Waals surface area contributed by atoms with Gasteiger partial charge in [-0.3, -0.25) is 4.98 Å². The fraction of sp³-hybridized carbons (Fsp3) is 0.471. The van der Waals surface area contributed by atoms with Gasteiger partial charge in [0.25, 0.3) is 0 Å². The molecule has 1 aliphatic carbocycles. The molecule has 7 heteroatoms. The van der Waals surface area contributed by atoms with E-state index >= 15 is 0 Å². The number of hydrogen-bond donors (Lipinski definition) is 1. The zero-order valence-electron chi connectivity index (χ0n) is 13.2. The number of hydrogen-bond acceptors (Lipinski definition) is 5. The van der Waals surface area contributed by atoms with Gasteiger partial charge in [-0.05, 0) is 49.7 Å². The number of alkyl halides is 2. The minimum Gasteiger partial charge on any atom is -0.432 e. The van der Waals surface area contributed by atoms with Gasteiger partial charge in [-0.15, -0.1) is 0 Å². The molecule has 24 heavy (non-hydrogen) atoms. The zero-order valence-corrected chi connectivity index (χ0v) is 13.2. The molecule has 0 aromatic carbocycles. The molecule has 2 N–H and O–H groups in total. The molecular formula is C17H20F2N4O. The molecule has 0 aliphatic heterocycles. The standard InChI is InChI=1S/C17H20F2N4O/c18-17(19)24-15-9-22-16(23-10-15)7-12-2-1-11(5-12)6-14-4-3-13(20)8-21-14/h3-4,8-12,17H,1-2,5-7,20H2/t11-,12-/m0/s1. The van der Waals surface area contributed by atoms with Crippen LogP contribution in [0.1, 0.15) is 30.8 Å². The summed E-state index contributed by atoms with van der Waals surface area (Å²) in [5.74, 6) is 1.79. The summed E-state index contributed by atoms with van der Waals surface area (Å²) in [6.07, 6.45) is 9.41. The predicted molar refractivity (Wildman–Crippen MR) is 85.6 cm³/mol. The molecule has 5 nitrogen and oxygen atoms in total. The van der Waals surface area contributed by atoms with Crippen molar-refractivity contribution in [1.82, 2.24) is 15.0 Å². The third-order valence-corrected chi connectivity index (χ3v) is 4.37. The van der Waals surface area contributed by atoms with Gasteiger partial charge in [0.05, 0.1) is 24.3 Å². The summed E-state index contributed by atoms with van der Waals surface area (Å²) in [5, 5.41) is 0. The van der Waals surface area contributed by atoms with Crippen molar-refractivity contribution in [3.05, 3.63) is 42.2 Å². The fourth-order valence-electron chi connectivity index (χ4n) is 3.27. The first-order chi connectivity index (χ1) is 11.6. The number of anilines is 1. The van der Waals surface area contributed by atoms with E-state index in [0.29, 0.717) is 23.3 Å². The number of nitrogens with two attached hydrogens (primary N) is 1. The highest BCUT2D eigenvalue weighted by molar-refractivity contribution is 5.34. The molecule has 0 unspecified atom stereocenters. The summed E-state index contributed by atoms with van der Waals surface area (Å²) in [6.45, 7) is -2.85. The minimum atomic E-state index is -2.85. The van der Waals surface area contributed by atoms with Crippen molar-refractivity contribution in [2.24, 2.45) is 11.8 Å². The second kappa shape index (κ2) is 7.51. The molecule has 0 spiro atoms. The number of nitrogen functional groups attached to an aromatic ring is 1. The van der Waals surface area contributed by atoms with E-state index in [1.807, 2.05) is 12.1 Å². The molecule has 2 aromatic heterocycles. The number of nitrogens with zero attached hydrogens (tertiary/aromatic N) is 3. The lowest BCUT2D eigenvalue weighted by atomic mass is 9.97. The van der Waals surface area contributed by atoms with Crippen LogP contribution in [0.5, 0.6) is 5.75 Å². The van der Waals surface area contributed by atoms with Crippen LogP contribution < -0.4 is 10.5 Å². The maximum Gasteiger partial charge on any atom is 0.387 e. The van der Waals surface area contributed by atoms with Crippen LogP contribution in [0.25, 0.3) is 0 Å². The Labute approximate surface area is 139 Å². The summed E-state index contributed by atoms with van der Waals surface area (Å²) in [4.78, 5) is 12.6. The Morgan fingerprint density at radius 3 is 2.38 bits per heavy atom. The normalized spacial score (nSPS) is 20.5. The molecule has 0 saturated heterocycles. The lowest BCUT2D eigenvalue weighted by molar-refractivity contribution is -0.0503. The fourth-order valence-corrected chi connectivity index (χ4v) is 3.27. The van der Waals surface area contributed by atoms with E-state index in [9.17, 15) is 8.78 Å². The Hall–Kier alpha value is -2.31. The average Bonchev–Trinajstić information content (AvgIpc) is 2.98. The molecule has 1 saturated carbocycles. The topological polar surface area (TPSA) is 73.9 Å². The molecule has 0 amide bonds. The van der Waals surface area contributed by atoms with Gasteiger partial charge in [-0.2, -0.15) is 8.78 Å². The largest absolute Gasteiger partial charge is 0.432 e. The van der Waals surface area contributed by atoms with Gasteiger partial charge in [0.2, 0.25) is 0 Å². The van der Waals surface area contributed by atoms with Crippen LogP contribution in [-0.4, -0.2) is 21.6 Å². The number of ether oxygens (including phenoxy) is 1. The van der Waals surface area contributed by atoms with Crippen LogP contribution in [0.3, 0.4) is 0 Å². The maximum atomic E-state index is 12.1. The molecule has 1 aliphatic rings. The monoisotopic (exact) mass is 334 g/mol. The first-order valence-corrected chi connectivity index (χ1v) is 8.04. The first kappa shape index (κ1) is 16.5. The van der Waals surface area contributed by atoms with Gasteiger partial charge in [-0.1, -0.05) is 0 Å². The number of pyridine rings is 1. The highest BCUT2D eigenvalue weighted by Gasteiger charge is 2.26.